The molecule has 0 fully saturated rings. The van der Waals surface area contributed by atoms with Crippen molar-refractivity contribution in [3.05, 3.63) is 35.4 Å². The molecular formula is C16H24N2O3S. The highest BCUT2D eigenvalue weighted by atomic mass is 32.2. The van der Waals surface area contributed by atoms with Gasteiger partial charge in [0.1, 0.15) is 0 Å². The lowest BCUT2D eigenvalue weighted by atomic mass is 10.1. The number of nitrogens with one attached hydrogen (secondary N) is 2. The molecule has 5 nitrogen and oxygen atoms in total. The van der Waals surface area contributed by atoms with E-state index < -0.39 is 5.97 Å². The van der Waals surface area contributed by atoms with E-state index in [1.165, 1.54) is 12.1 Å². The minimum Gasteiger partial charge on any atom is -0.478 e. The minimum absolute atomic E-state index is 0.198. The number of hydrogen-bond acceptors (Lipinski definition) is 3. The maximum atomic E-state index is 11.6. The number of carbonyl (C=O) groups is 2. The monoisotopic (exact) mass is 324 g/mol. The molecule has 0 radical (unpaired) electrons. The Balaban J connectivity index is 2.14. The molecule has 0 saturated carbocycles. The molecule has 122 valence electrons. The fraction of sp³-hybridized carbons (Fsp3) is 0.500. The molecule has 6 heteroatoms. The third-order valence-electron chi connectivity index (χ3n) is 2.86. The van der Waals surface area contributed by atoms with Crippen LogP contribution in [0.25, 0.3) is 0 Å². The smallest absolute Gasteiger partial charge is 0.335 e. The summed E-state index contributed by atoms with van der Waals surface area (Å²) in [5.74, 6) is 1.95. The van der Waals surface area contributed by atoms with Gasteiger partial charge in [0.05, 0.1) is 5.56 Å². The zero-order chi connectivity index (χ0) is 16.4. The van der Waals surface area contributed by atoms with Gasteiger partial charge < -0.3 is 15.7 Å². The first kappa shape index (κ1) is 18.4. The number of thioether (sulfide) groups is 1. The fourth-order valence-corrected chi connectivity index (χ4v) is 2.69. The Labute approximate surface area is 135 Å². The zero-order valence-corrected chi connectivity index (χ0v) is 13.9. The van der Waals surface area contributed by atoms with Gasteiger partial charge in [0.2, 0.25) is 0 Å². The molecule has 0 heterocycles. The van der Waals surface area contributed by atoms with Gasteiger partial charge in [0.15, 0.2) is 0 Å². The van der Waals surface area contributed by atoms with E-state index in [1.807, 2.05) is 11.8 Å². The molecule has 0 aliphatic carbocycles. The summed E-state index contributed by atoms with van der Waals surface area (Å²) < 4.78 is 0. The lowest BCUT2D eigenvalue weighted by Gasteiger charge is -2.08. The van der Waals surface area contributed by atoms with Gasteiger partial charge in [-0.25, -0.2) is 9.59 Å². The summed E-state index contributed by atoms with van der Waals surface area (Å²) in [6, 6.07) is 6.27. The molecule has 0 aromatic heterocycles. The van der Waals surface area contributed by atoms with Gasteiger partial charge in [0.25, 0.3) is 0 Å². The van der Waals surface area contributed by atoms with Gasteiger partial charge in [-0.15, -0.1) is 0 Å². The Morgan fingerprint density at radius 2 is 1.86 bits per heavy atom. The van der Waals surface area contributed by atoms with E-state index in [0.29, 0.717) is 19.0 Å². The predicted octanol–water partition coefficient (Wildman–Crippen LogP) is 2.96. The minimum atomic E-state index is -0.951. The van der Waals surface area contributed by atoms with Crippen molar-refractivity contribution in [3.8, 4) is 0 Å². The van der Waals surface area contributed by atoms with Crippen LogP contribution in [0.15, 0.2) is 24.3 Å². The molecule has 22 heavy (non-hydrogen) atoms. The summed E-state index contributed by atoms with van der Waals surface area (Å²) in [5.41, 5.74) is 1.11. The predicted molar refractivity (Wildman–Crippen MR) is 90.4 cm³/mol. The third kappa shape index (κ3) is 7.93. The Morgan fingerprint density at radius 3 is 2.45 bits per heavy atom. The van der Waals surface area contributed by atoms with E-state index in [9.17, 15) is 9.59 Å². The molecule has 0 aliphatic heterocycles. The summed E-state index contributed by atoms with van der Waals surface area (Å²) in [6.07, 6.45) is 0.956. The van der Waals surface area contributed by atoms with Crippen LogP contribution < -0.4 is 10.6 Å². The van der Waals surface area contributed by atoms with E-state index in [0.717, 1.165) is 23.5 Å². The van der Waals surface area contributed by atoms with E-state index in [2.05, 4.69) is 24.5 Å². The number of aromatic carboxylic acids is 1. The van der Waals surface area contributed by atoms with Gasteiger partial charge >= 0.3 is 12.0 Å². The van der Waals surface area contributed by atoms with Gasteiger partial charge in [-0.2, -0.15) is 11.8 Å². The second-order valence-corrected chi connectivity index (χ2v) is 6.58. The number of amides is 2. The lowest BCUT2D eigenvalue weighted by Crippen LogP contribution is -2.35. The molecule has 0 bridgehead atoms. The quantitative estimate of drug-likeness (QED) is 0.610. The van der Waals surface area contributed by atoms with E-state index in [4.69, 9.17) is 5.11 Å². The molecular weight excluding hydrogens is 300 g/mol. The van der Waals surface area contributed by atoms with Crippen LogP contribution in [0.3, 0.4) is 0 Å². The average Bonchev–Trinajstić information content (AvgIpc) is 2.48. The molecule has 1 aromatic carbocycles. The molecule has 3 N–H and O–H groups in total. The van der Waals surface area contributed by atoms with Crippen LogP contribution in [0.5, 0.6) is 0 Å². The first-order valence-electron chi connectivity index (χ1n) is 7.40. The fourth-order valence-electron chi connectivity index (χ4n) is 1.71. The van der Waals surface area contributed by atoms with Crippen molar-refractivity contribution in [2.75, 3.05) is 18.1 Å². The van der Waals surface area contributed by atoms with Crippen LogP contribution >= 0.6 is 11.8 Å². The van der Waals surface area contributed by atoms with Crippen molar-refractivity contribution in [2.45, 2.75) is 26.8 Å². The second-order valence-electron chi connectivity index (χ2n) is 5.43. The number of benzene rings is 1. The number of rotatable bonds is 9. The number of carbonyl (C=O) groups excluding carboxylic acids is 1. The summed E-state index contributed by atoms with van der Waals surface area (Å²) in [5, 5.41) is 14.4. The molecule has 1 aromatic rings. The van der Waals surface area contributed by atoms with E-state index in [-0.39, 0.29) is 11.6 Å². The van der Waals surface area contributed by atoms with Crippen LogP contribution in [-0.2, 0) is 6.54 Å². The van der Waals surface area contributed by atoms with Gasteiger partial charge in [-0.1, -0.05) is 26.0 Å². The second kappa shape index (κ2) is 10.1. The number of carboxylic acids is 1. The Kier molecular flexibility index (Phi) is 8.43. The molecule has 1 rings (SSSR count). The molecule has 0 aliphatic rings. The largest absolute Gasteiger partial charge is 0.478 e. The van der Waals surface area contributed by atoms with E-state index >= 15 is 0 Å². The van der Waals surface area contributed by atoms with Crippen LogP contribution in [-0.4, -0.2) is 35.2 Å². The molecule has 0 atom stereocenters. The Hall–Kier alpha value is -1.69. The van der Waals surface area contributed by atoms with Crippen LogP contribution in [0.4, 0.5) is 4.79 Å². The standard InChI is InChI=1S/C16H24N2O3S/c1-12(2)11-22-9-3-8-17-16(21)18-10-13-4-6-14(7-5-13)15(19)20/h4-7,12H,3,8-11H2,1-2H3,(H,19,20)(H2,17,18,21). The molecule has 2 amide bonds. The molecule has 0 spiro atoms. The Morgan fingerprint density at radius 1 is 1.18 bits per heavy atom. The van der Waals surface area contributed by atoms with Gasteiger partial charge in [0, 0.05) is 13.1 Å². The third-order valence-corrected chi connectivity index (χ3v) is 4.34. The maximum absolute atomic E-state index is 11.6. The van der Waals surface area contributed by atoms with Crippen molar-refractivity contribution in [1.29, 1.82) is 0 Å². The van der Waals surface area contributed by atoms with Crippen LogP contribution in [0.1, 0.15) is 36.2 Å². The summed E-state index contributed by atoms with van der Waals surface area (Å²) in [7, 11) is 0. The molecule has 0 saturated heterocycles. The highest BCUT2D eigenvalue weighted by Gasteiger charge is 2.03. The number of urea groups is 1. The highest BCUT2D eigenvalue weighted by molar-refractivity contribution is 7.99. The van der Waals surface area contributed by atoms with E-state index in [1.54, 1.807) is 12.1 Å². The van der Waals surface area contributed by atoms with Crippen molar-refractivity contribution in [1.82, 2.24) is 10.6 Å². The van der Waals surface area contributed by atoms with Crippen LogP contribution in [0.2, 0.25) is 0 Å². The van der Waals surface area contributed by atoms with Gasteiger partial charge in [-0.3, -0.25) is 0 Å². The normalized spacial score (nSPS) is 10.5. The number of carboxylic acid groups (broad SMARTS) is 1. The van der Waals surface area contributed by atoms with Crippen molar-refractivity contribution in [3.63, 3.8) is 0 Å². The first-order chi connectivity index (χ1) is 10.5. The summed E-state index contributed by atoms with van der Waals surface area (Å²) in [6.45, 7) is 5.44. The van der Waals surface area contributed by atoms with Crippen molar-refractivity contribution < 1.29 is 14.7 Å². The summed E-state index contributed by atoms with van der Waals surface area (Å²) in [4.78, 5) is 22.3. The van der Waals surface area contributed by atoms with Crippen LogP contribution in [0, 0.1) is 5.92 Å². The van der Waals surface area contributed by atoms with Crippen molar-refractivity contribution >= 4 is 23.8 Å². The average molecular weight is 324 g/mol. The topological polar surface area (TPSA) is 78.4 Å². The van der Waals surface area contributed by atoms with Crippen molar-refractivity contribution in [2.24, 2.45) is 5.92 Å². The highest BCUT2D eigenvalue weighted by Crippen LogP contribution is 2.08. The summed E-state index contributed by atoms with van der Waals surface area (Å²) >= 11 is 1.91. The zero-order valence-electron chi connectivity index (χ0n) is 13.1. The molecule has 0 unspecified atom stereocenters. The lowest BCUT2D eigenvalue weighted by molar-refractivity contribution is 0.0697. The van der Waals surface area contributed by atoms with Gasteiger partial charge in [-0.05, 0) is 41.5 Å². The Bertz CT molecular complexity index is 475. The first-order valence-corrected chi connectivity index (χ1v) is 8.56. The SMILES string of the molecule is CC(C)CSCCCNC(=O)NCc1ccc(C(=O)O)cc1. The number of hydrogen-bond donors (Lipinski definition) is 3. The maximum Gasteiger partial charge on any atom is 0.335 e.